The normalized spacial score (nSPS) is 12.9. The standard InChI is InChI=1S/C25H23N3O5/c1-15(24(30)31)28-23(29)16-10-11-26-17(12-16)13-27-25(32)33-14-22-20-8-4-2-6-18(20)19-7-3-5-9-21(19)22/h2-12,15,22H,13-14H2,1H3,(H,27,32)(H,28,29)(H,30,31)/t15-/m0/s1. The van der Waals surface area contributed by atoms with E-state index in [1.807, 2.05) is 36.4 Å². The SMILES string of the molecule is C[C@H](NC(=O)c1ccnc(CNC(=O)OCC2c3ccccc3-c3ccccc32)c1)C(=O)O. The van der Waals surface area contributed by atoms with Crippen LogP contribution in [0, 0.1) is 0 Å². The number of carbonyl (C=O) groups excluding carboxylic acids is 2. The molecule has 3 aromatic rings. The van der Waals surface area contributed by atoms with Crippen molar-refractivity contribution in [1.82, 2.24) is 15.6 Å². The molecule has 0 saturated heterocycles. The van der Waals surface area contributed by atoms with E-state index in [0.29, 0.717) is 5.69 Å². The molecule has 0 saturated carbocycles. The molecule has 1 aliphatic rings. The van der Waals surface area contributed by atoms with Crippen molar-refractivity contribution in [3.8, 4) is 11.1 Å². The first-order chi connectivity index (χ1) is 15.9. The van der Waals surface area contributed by atoms with Gasteiger partial charge in [-0.15, -0.1) is 0 Å². The fourth-order valence-electron chi connectivity index (χ4n) is 3.87. The molecular weight excluding hydrogens is 422 g/mol. The third-order valence-corrected chi connectivity index (χ3v) is 5.55. The van der Waals surface area contributed by atoms with Gasteiger partial charge in [-0.25, -0.2) is 4.79 Å². The molecule has 168 valence electrons. The van der Waals surface area contributed by atoms with E-state index in [1.54, 1.807) is 0 Å². The molecule has 2 aromatic carbocycles. The Morgan fingerprint density at radius 1 is 1.03 bits per heavy atom. The second-order valence-corrected chi connectivity index (χ2v) is 7.75. The predicted molar refractivity (Wildman–Crippen MR) is 121 cm³/mol. The second kappa shape index (κ2) is 9.52. The number of rotatable bonds is 7. The number of nitrogens with one attached hydrogen (secondary N) is 2. The summed E-state index contributed by atoms with van der Waals surface area (Å²) in [6.07, 6.45) is 0.836. The maximum atomic E-state index is 12.3. The molecule has 1 heterocycles. The number of alkyl carbamates (subject to hydrolysis) is 1. The number of benzene rings is 2. The number of hydrogen-bond acceptors (Lipinski definition) is 5. The van der Waals surface area contributed by atoms with Crippen molar-refractivity contribution < 1.29 is 24.2 Å². The first-order valence-corrected chi connectivity index (χ1v) is 10.5. The molecule has 33 heavy (non-hydrogen) atoms. The Hall–Kier alpha value is -4.20. The van der Waals surface area contributed by atoms with Crippen LogP contribution in [0.1, 0.15) is 40.0 Å². The van der Waals surface area contributed by atoms with Gasteiger partial charge in [0.2, 0.25) is 0 Å². The third-order valence-electron chi connectivity index (χ3n) is 5.55. The predicted octanol–water partition coefficient (Wildman–Crippen LogP) is 3.32. The molecule has 1 atom stereocenters. The number of carboxylic acids is 1. The summed E-state index contributed by atoms with van der Waals surface area (Å²) >= 11 is 0. The Labute approximate surface area is 190 Å². The van der Waals surface area contributed by atoms with Crippen molar-refractivity contribution in [3.63, 3.8) is 0 Å². The van der Waals surface area contributed by atoms with Gasteiger partial charge in [-0.1, -0.05) is 48.5 Å². The summed E-state index contributed by atoms with van der Waals surface area (Å²) in [4.78, 5) is 39.6. The molecule has 2 amide bonds. The van der Waals surface area contributed by atoms with Crippen LogP contribution in [-0.4, -0.2) is 40.7 Å². The highest BCUT2D eigenvalue weighted by molar-refractivity contribution is 5.96. The van der Waals surface area contributed by atoms with Crippen LogP contribution in [0.2, 0.25) is 0 Å². The van der Waals surface area contributed by atoms with Gasteiger partial charge in [0.15, 0.2) is 0 Å². The van der Waals surface area contributed by atoms with Gasteiger partial charge in [0.05, 0.1) is 12.2 Å². The smallest absolute Gasteiger partial charge is 0.407 e. The Morgan fingerprint density at radius 3 is 2.30 bits per heavy atom. The highest BCUT2D eigenvalue weighted by Crippen LogP contribution is 2.44. The number of fused-ring (bicyclic) bond motifs is 3. The number of pyridine rings is 1. The first-order valence-electron chi connectivity index (χ1n) is 10.5. The molecule has 0 bridgehead atoms. The minimum Gasteiger partial charge on any atom is -0.480 e. The van der Waals surface area contributed by atoms with E-state index in [-0.39, 0.29) is 24.6 Å². The minimum absolute atomic E-state index is 0.0375. The summed E-state index contributed by atoms with van der Waals surface area (Å²) in [6.45, 7) is 1.64. The summed E-state index contributed by atoms with van der Waals surface area (Å²) in [5.41, 5.74) is 5.25. The zero-order valence-electron chi connectivity index (χ0n) is 17.9. The molecule has 0 aliphatic heterocycles. The second-order valence-electron chi connectivity index (χ2n) is 7.75. The molecule has 0 radical (unpaired) electrons. The van der Waals surface area contributed by atoms with Gasteiger partial charge in [-0.05, 0) is 41.3 Å². The van der Waals surface area contributed by atoms with E-state index in [9.17, 15) is 14.4 Å². The molecule has 0 unspecified atom stereocenters. The number of hydrogen-bond donors (Lipinski definition) is 3. The van der Waals surface area contributed by atoms with Crippen molar-refractivity contribution >= 4 is 18.0 Å². The average molecular weight is 445 g/mol. The van der Waals surface area contributed by atoms with Crippen LogP contribution < -0.4 is 10.6 Å². The zero-order chi connectivity index (χ0) is 23.4. The summed E-state index contributed by atoms with van der Waals surface area (Å²) in [5, 5.41) is 14.0. The van der Waals surface area contributed by atoms with Crippen molar-refractivity contribution in [2.45, 2.75) is 25.4 Å². The van der Waals surface area contributed by atoms with Gasteiger partial charge >= 0.3 is 12.1 Å². The number of aliphatic carboxylic acids is 1. The molecule has 8 heteroatoms. The van der Waals surface area contributed by atoms with Gasteiger partial charge in [0, 0.05) is 17.7 Å². The Bertz CT molecular complexity index is 1160. The van der Waals surface area contributed by atoms with Crippen LogP contribution in [0.15, 0.2) is 66.9 Å². The van der Waals surface area contributed by atoms with E-state index in [4.69, 9.17) is 9.84 Å². The van der Waals surface area contributed by atoms with Crippen molar-refractivity contribution in [2.24, 2.45) is 0 Å². The van der Waals surface area contributed by atoms with Gasteiger partial charge in [-0.2, -0.15) is 0 Å². The molecule has 1 aromatic heterocycles. The highest BCUT2D eigenvalue weighted by Gasteiger charge is 2.29. The monoisotopic (exact) mass is 445 g/mol. The van der Waals surface area contributed by atoms with Crippen LogP contribution in [0.5, 0.6) is 0 Å². The lowest BCUT2D eigenvalue weighted by Crippen LogP contribution is -2.38. The lowest BCUT2D eigenvalue weighted by atomic mass is 9.98. The van der Waals surface area contributed by atoms with E-state index in [1.165, 1.54) is 25.3 Å². The summed E-state index contributed by atoms with van der Waals surface area (Å²) in [6, 6.07) is 18.1. The van der Waals surface area contributed by atoms with E-state index < -0.39 is 24.0 Å². The Balaban J connectivity index is 1.34. The molecule has 8 nitrogen and oxygen atoms in total. The van der Waals surface area contributed by atoms with E-state index in [2.05, 4.69) is 27.8 Å². The van der Waals surface area contributed by atoms with Crippen molar-refractivity contribution in [2.75, 3.05) is 6.61 Å². The Kier molecular flexibility index (Phi) is 6.35. The van der Waals surface area contributed by atoms with Gasteiger partial charge in [0.25, 0.3) is 5.91 Å². The summed E-state index contributed by atoms with van der Waals surface area (Å²) in [7, 11) is 0. The van der Waals surface area contributed by atoms with Gasteiger partial charge < -0.3 is 20.5 Å². The molecule has 0 spiro atoms. The molecule has 3 N–H and O–H groups in total. The quantitative estimate of drug-likeness (QED) is 0.514. The number of carboxylic acid groups (broad SMARTS) is 1. The number of aromatic nitrogens is 1. The average Bonchev–Trinajstić information content (AvgIpc) is 3.15. The van der Waals surface area contributed by atoms with Gasteiger partial charge in [0.1, 0.15) is 12.6 Å². The molecule has 1 aliphatic carbocycles. The summed E-state index contributed by atoms with van der Waals surface area (Å²) in [5.74, 6) is -1.70. The molecule has 4 rings (SSSR count). The number of nitrogens with zero attached hydrogens (tertiary/aromatic N) is 1. The number of amides is 2. The van der Waals surface area contributed by atoms with Crippen molar-refractivity contribution in [1.29, 1.82) is 0 Å². The van der Waals surface area contributed by atoms with Crippen LogP contribution in [-0.2, 0) is 16.1 Å². The van der Waals surface area contributed by atoms with Crippen LogP contribution in [0.3, 0.4) is 0 Å². The largest absolute Gasteiger partial charge is 0.480 e. The fraction of sp³-hybridized carbons (Fsp3) is 0.200. The summed E-state index contributed by atoms with van der Waals surface area (Å²) < 4.78 is 5.50. The third kappa shape index (κ3) is 4.85. The number of ether oxygens (including phenoxy) is 1. The number of carbonyl (C=O) groups is 3. The van der Waals surface area contributed by atoms with E-state index >= 15 is 0 Å². The molecular formula is C25H23N3O5. The first kappa shape index (κ1) is 22.0. The van der Waals surface area contributed by atoms with Crippen molar-refractivity contribution in [3.05, 3.63) is 89.2 Å². The Morgan fingerprint density at radius 2 is 1.67 bits per heavy atom. The fourth-order valence-corrected chi connectivity index (χ4v) is 3.87. The van der Waals surface area contributed by atoms with Crippen LogP contribution in [0.25, 0.3) is 11.1 Å². The van der Waals surface area contributed by atoms with Crippen LogP contribution >= 0.6 is 0 Å². The zero-order valence-corrected chi connectivity index (χ0v) is 17.9. The van der Waals surface area contributed by atoms with Crippen LogP contribution in [0.4, 0.5) is 4.79 Å². The lowest BCUT2D eigenvalue weighted by Gasteiger charge is -2.14. The highest BCUT2D eigenvalue weighted by atomic mass is 16.5. The minimum atomic E-state index is -1.13. The maximum absolute atomic E-state index is 12.3. The molecule has 0 fully saturated rings. The lowest BCUT2D eigenvalue weighted by molar-refractivity contribution is -0.138. The maximum Gasteiger partial charge on any atom is 0.407 e. The topological polar surface area (TPSA) is 118 Å². The van der Waals surface area contributed by atoms with Gasteiger partial charge in [-0.3, -0.25) is 14.6 Å². The van der Waals surface area contributed by atoms with E-state index in [0.717, 1.165) is 22.3 Å².